The van der Waals surface area contributed by atoms with Gasteiger partial charge < -0.3 is 20.6 Å². The minimum absolute atomic E-state index is 0.00485. The van der Waals surface area contributed by atoms with Gasteiger partial charge in [-0.2, -0.15) is 13.2 Å². The van der Waals surface area contributed by atoms with Crippen molar-refractivity contribution in [3.8, 4) is 5.75 Å². The quantitative estimate of drug-likeness (QED) is 0.499. The van der Waals surface area contributed by atoms with Gasteiger partial charge in [-0.05, 0) is 69.5 Å². The van der Waals surface area contributed by atoms with Crippen LogP contribution >= 0.6 is 0 Å². The van der Waals surface area contributed by atoms with Gasteiger partial charge in [-0.15, -0.1) is 0 Å². The molecule has 0 spiro atoms. The summed E-state index contributed by atoms with van der Waals surface area (Å²) in [5, 5.41) is 15.0. The maximum atomic E-state index is 13.0. The summed E-state index contributed by atoms with van der Waals surface area (Å²) in [4.78, 5) is 40.3. The number of carbonyl (C=O) groups is 3. The van der Waals surface area contributed by atoms with Crippen molar-refractivity contribution >= 4 is 17.7 Å². The van der Waals surface area contributed by atoms with Crippen LogP contribution in [0.3, 0.4) is 0 Å². The first-order valence-corrected chi connectivity index (χ1v) is 12.0. The third kappa shape index (κ3) is 5.47. The SMILES string of the molecule is CC1C=CC(C)N1C(=O)c1ccc([C@@H](C)NC(=O)C2(NC(=O)c3cc(O)cc(C(F)(F)F)c3)CC2)cc1. The van der Waals surface area contributed by atoms with Crippen molar-refractivity contribution in [3.63, 3.8) is 0 Å². The molecule has 3 amide bonds. The van der Waals surface area contributed by atoms with Gasteiger partial charge in [0.15, 0.2) is 0 Å². The van der Waals surface area contributed by atoms with Crippen LogP contribution in [0.2, 0.25) is 0 Å². The van der Waals surface area contributed by atoms with Crippen LogP contribution in [0.1, 0.15) is 71.5 Å². The molecule has 1 saturated carbocycles. The molecule has 0 saturated heterocycles. The standard InChI is InChI=1S/C27H28F3N3O4/c1-15-4-5-16(2)33(15)24(36)19-8-6-18(7-9-19)17(3)31-25(37)26(10-11-26)32-23(35)20-12-21(27(28,29)30)14-22(34)13-20/h4-9,12-17,34H,10-11H2,1-3H3,(H,31,37)(H,32,35)/t15?,16?,17-/m1/s1. The van der Waals surface area contributed by atoms with Crippen molar-refractivity contribution in [2.24, 2.45) is 0 Å². The van der Waals surface area contributed by atoms with Gasteiger partial charge in [-0.3, -0.25) is 14.4 Å². The van der Waals surface area contributed by atoms with E-state index in [-0.39, 0.29) is 18.0 Å². The van der Waals surface area contributed by atoms with Crippen LogP contribution < -0.4 is 10.6 Å². The van der Waals surface area contributed by atoms with Gasteiger partial charge in [0.1, 0.15) is 11.3 Å². The minimum Gasteiger partial charge on any atom is -0.508 e. The van der Waals surface area contributed by atoms with E-state index < -0.39 is 46.4 Å². The molecule has 2 aromatic carbocycles. The van der Waals surface area contributed by atoms with E-state index in [0.29, 0.717) is 30.5 Å². The second-order valence-electron chi connectivity index (χ2n) is 9.70. The number of carbonyl (C=O) groups excluding carboxylic acids is 3. The number of aromatic hydroxyl groups is 1. The van der Waals surface area contributed by atoms with E-state index in [1.165, 1.54) is 0 Å². The average molecular weight is 516 g/mol. The lowest BCUT2D eigenvalue weighted by Crippen LogP contribution is -2.49. The zero-order valence-electron chi connectivity index (χ0n) is 20.6. The maximum Gasteiger partial charge on any atom is 0.416 e. The number of rotatable bonds is 6. The summed E-state index contributed by atoms with van der Waals surface area (Å²) < 4.78 is 39.1. The Morgan fingerprint density at radius 1 is 1.00 bits per heavy atom. The molecule has 10 heteroatoms. The van der Waals surface area contributed by atoms with E-state index >= 15 is 0 Å². The highest BCUT2D eigenvalue weighted by molar-refractivity contribution is 6.01. The Labute approximate surface area is 212 Å². The molecule has 37 heavy (non-hydrogen) atoms. The van der Waals surface area contributed by atoms with Gasteiger partial charge >= 0.3 is 6.18 Å². The normalized spacial score (nSPS) is 20.9. The Morgan fingerprint density at radius 3 is 2.14 bits per heavy atom. The van der Waals surface area contributed by atoms with E-state index in [1.54, 1.807) is 36.1 Å². The molecule has 2 aromatic rings. The molecule has 1 heterocycles. The molecule has 0 radical (unpaired) electrons. The van der Waals surface area contributed by atoms with E-state index in [4.69, 9.17) is 0 Å². The molecule has 3 N–H and O–H groups in total. The van der Waals surface area contributed by atoms with E-state index in [1.807, 2.05) is 26.0 Å². The van der Waals surface area contributed by atoms with Gasteiger partial charge in [0, 0.05) is 23.2 Å². The largest absolute Gasteiger partial charge is 0.508 e. The first-order chi connectivity index (χ1) is 17.3. The topological polar surface area (TPSA) is 98.7 Å². The Balaban J connectivity index is 1.40. The number of halogens is 3. The predicted octanol–water partition coefficient (Wildman–Crippen LogP) is 4.34. The summed E-state index contributed by atoms with van der Waals surface area (Å²) in [6.07, 6.45) is -0.112. The number of amides is 3. The van der Waals surface area contributed by atoms with Crippen LogP contribution in [-0.2, 0) is 11.0 Å². The lowest BCUT2D eigenvalue weighted by molar-refractivity contribution is -0.137. The minimum atomic E-state index is -4.74. The van der Waals surface area contributed by atoms with Crippen LogP contribution in [-0.4, -0.2) is 45.4 Å². The Kier molecular flexibility index (Phi) is 6.79. The van der Waals surface area contributed by atoms with Crippen molar-refractivity contribution in [2.75, 3.05) is 0 Å². The molecule has 1 fully saturated rings. The molecular formula is C27H28F3N3O4. The molecule has 196 valence electrons. The van der Waals surface area contributed by atoms with Crippen molar-refractivity contribution in [3.05, 3.63) is 76.9 Å². The fourth-order valence-corrected chi connectivity index (χ4v) is 4.46. The Morgan fingerprint density at radius 2 is 1.59 bits per heavy atom. The molecule has 1 aliphatic heterocycles. The lowest BCUT2D eigenvalue weighted by atomic mass is 10.0. The fraction of sp³-hybridized carbons (Fsp3) is 0.370. The van der Waals surface area contributed by atoms with Gasteiger partial charge in [-0.1, -0.05) is 24.3 Å². The first-order valence-electron chi connectivity index (χ1n) is 12.0. The Hall–Kier alpha value is -3.82. The zero-order valence-corrected chi connectivity index (χ0v) is 20.6. The maximum absolute atomic E-state index is 13.0. The smallest absolute Gasteiger partial charge is 0.416 e. The molecule has 4 rings (SSSR count). The van der Waals surface area contributed by atoms with Crippen LogP contribution in [0.25, 0.3) is 0 Å². The monoisotopic (exact) mass is 515 g/mol. The van der Waals surface area contributed by atoms with E-state index in [0.717, 1.165) is 11.6 Å². The summed E-state index contributed by atoms with van der Waals surface area (Å²) in [6.45, 7) is 5.66. The average Bonchev–Trinajstić information content (AvgIpc) is 3.54. The number of phenolic OH excluding ortho intramolecular Hbond substituents is 1. The highest BCUT2D eigenvalue weighted by atomic mass is 19.4. The van der Waals surface area contributed by atoms with E-state index in [9.17, 15) is 32.7 Å². The molecule has 7 nitrogen and oxygen atoms in total. The first kappa shape index (κ1) is 26.2. The van der Waals surface area contributed by atoms with Gasteiger partial charge in [-0.25, -0.2) is 0 Å². The third-order valence-corrected chi connectivity index (χ3v) is 6.83. The number of phenols is 1. The molecule has 2 aliphatic rings. The van der Waals surface area contributed by atoms with Crippen LogP contribution in [0.5, 0.6) is 5.75 Å². The van der Waals surface area contributed by atoms with Gasteiger partial charge in [0.25, 0.3) is 11.8 Å². The van der Waals surface area contributed by atoms with Crippen molar-refractivity contribution in [1.29, 1.82) is 0 Å². The van der Waals surface area contributed by atoms with E-state index in [2.05, 4.69) is 10.6 Å². The fourth-order valence-electron chi connectivity index (χ4n) is 4.46. The molecule has 2 unspecified atom stereocenters. The zero-order chi connectivity index (χ0) is 27.1. The number of benzene rings is 2. The number of nitrogens with one attached hydrogen (secondary N) is 2. The highest BCUT2D eigenvalue weighted by Crippen LogP contribution is 2.37. The number of hydrogen-bond donors (Lipinski definition) is 3. The van der Waals surface area contributed by atoms with Crippen molar-refractivity contribution in [1.82, 2.24) is 15.5 Å². The van der Waals surface area contributed by atoms with Gasteiger partial charge in [0.2, 0.25) is 5.91 Å². The summed E-state index contributed by atoms with van der Waals surface area (Å²) in [7, 11) is 0. The van der Waals surface area contributed by atoms with Crippen molar-refractivity contribution in [2.45, 2.75) is 63.5 Å². The van der Waals surface area contributed by atoms with Crippen LogP contribution in [0, 0.1) is 0 Å². The second-order valence-corrected chi connectivity index (χ2v) is 9.70. The molecule has 3 atom stereocenters. The second kappa shape index (κ2) is 9.57. The Bertz CT molecular complexity index is 1240. The number of nitrogens with zero attached hydrogens (tertiary/aromatic N) is 1. The molecule has 0 bridgehead atoms. The summed E-state index contributed by atoms with van der Waals surface area (Å²) in [6, 6.07) is 8.55. The summed E-state index contributed by atoms with van der Waals surface area (Å²) in [5.41, 5.74) is -1.51. The summed E-state index contributed by atoms with van der Waals surface area (Å²) in [5.74, 6) is -2.14. The molecule has 1 aliphatic carbocycles. The van der Waals surface area contributed by atoms with Crippen LogP contribution in [0.15, 0.2) is 54.6 Å². The third-order valence-electron chi connectivity index (χ3n) is 6.83. The predicted molar refractivity (Wildman–Crippen MR) is 130 cm³/mol. The molecular weight excluding hydrogens is 487 g/mol. The lowest BCUT2D eigenvalue weighted by Gasteiger charge is -2.27. The van der Waals surface area contributed by atoms with Crippen molar-refractivity contribution < 1.29 is 32.7 Å². The highest BCUT2D eigenvalue weighted by Gasteiger charge is 2.51. The summed E-state index contributed by atoms with van der Waals surface area (Å²) >= 11 is 0. The number of alkyl halides is 3. The van der Waals surface area contributed by atoms with Gasteiger partial charge in [0.05, 0.1) is 11.6 Å². The van der Waals surface area contributed by atoms with Crippen LogP contribution in [0.4, 0.5) is 13.2 Å². The number of hydrogen-bond acceptors (Lipinski definition) is 4. The molecule has 0 aromatic heterocycles.